The standard InChI is InChI=1S/C50H64N6O10/c1-31(2)41(55-45(59)33(5)51-49(63)65-29-37-23-15-9-16-24-37)47(61)53-39(27-35-19-11-7-12-20-35)43(57)44(58)40(28-36-21-13-8-14-22-36)54-48(62)42(32(3)4)56-46(60)34(6)52-50(64)66-30-38-25-17-10-18-26-38/h7-26,31-34,39-44,57-58H,27-30H2,1-6H3,(H,51,63)(H,52,64)(H,53,61)(H,54,62)(H,55,59)(H,56,60)/t33-,34-,39-,40-,41-,42-,43+,44+/m0/s1. The number of amides is 6. The van der Waals surface area contributed by atoms with Crippen LogP contribution in [-0.4, -0.2) is 94.5 Å². The Kier molecular flexibility index (Phi) is 20.6. The quantitative estimate of drug-likeness (QED) is 0.0532. The van der Waals surface area contributed by atoms with Gasteiger partial charge in [0, 0.05) is 0 Å². The van der Waals surface area contributed by atoms with Crippen LogP contribution in [0.4, 0.5) is 9.59 Å². The number of nitrogens with one attached hydrogen (secondary N) is 6. The molecule has 4 aromatic rings. The van der Waals surface area contributed by atoms with E-state index in [9.17, 15) is 39.0 Å². The van der Waals surface area contributed by atoms with Gasteiger partial charge in [-0.25, -0.2) is 9.59 Å². The molecule has 354 valence electrons. The summed E-state index contributed by atoms with van der Waals surface area (Å²) in [6.45, 7) is 9.76. The van der Waals surface area contributed by atoms with Crippen LogP contribution in [0.3, 0.4) is 0 Å². The lowest BCUT2D eigenvalue weighted by Gasteiger charge is -2.35. The van der Waals surface area contributed by atoms with Gasteiger partial charge in [0.2, 0.25) is 23.6 Å². The molecule has 16 heteroatoms. The predicted octanol–water partition coefficient (Wildman–Crippen LogP) is 4.07. The molecule has 0 aliphatic heterocycles. The van der Waals surface area contributed by atoms with Crippen molar-refractivity contribution >= 4 is 35.8 Å². The molecular weight excluding hydrogens is 845 g/mol. The van der Waals surface area contributed by atoms with Gasteiger partial charge in [-0.3, -0.25) is 19.2 Å². The number of rotatable bonds is 23. The SMILES string of the molecule is CC(C)[C@H](NC(=O)[C@H](C)NC(=O)OCc1ccccc1)C(=O)N[C@@H](Cc1ccccc1)[C@@H](O)[C@H](O)[C@H](Cc1ccccc1)NC(=O)[C@@H](NC(=O)[C@H](C)NC(=O)OCc1ccccc1)C(C)C. The average Bonchev–Trinajstić information content (AvgIpc) is 3.31. The van der Waals surface area contributed by atoms with E-state index in [1.54, 1.807) is 125 Å². The van der Waals surface area contributed by atoms with Gasteiger partial charge in [0.15, 0.2) is 0 Å². The highest BCUT2D eigenvalue weighted by molar-refractivity contribution is 5.92. The number of aliphatic hydroxyl groups excluding tert-OH is 2. The second kappa shape index (κ2) is 26.2. The summed E-state index contributed by atoms with van der Waals surface area (Å²) in [5.41, 5.74) is 2.94. The lowest BCUT2D eigenvalue weighted by molar-refractivity contribution is -0.133. The average molecular weight is 909 g/mol. The van der Waals surface area contributed by atoms with Crippen molar-refractivity contribution in [3.05, 3.63) is 144 Å². The van der Waals surface area contributed by atoms with Gasteiger partial charge in [-0.05, 0) is 60.8 Å². The fourth-order valence-corrected chi connectivity index (χ4v) is 6.91. The molecule has 0 aliphatic rings. The van der Waals surface area contributed by atoms with E-state index < -0.39 is 96.1 Å². The summed E-state index contributed by atoms with van der Waals surface area (Å²) in [7, 11) is 0. The topological polar surface area (TPSA) is 234 Å². The second-order valence-corrected chi connectivity index (χ2v) is 16.9. The number of aliphatic hydroxyl groups is 2. The van der Waals surface area contributed by atoms with Gasteiger partial charge in [0.1, 0.15) is 49.6 Å². The Bertz CT molecular complexity index is 1990. The second-order valence-electron chi connectivity index (χ2n) is 16.9. The van der Waals surface area contributed by atoms with Gasteiger partial charge in [0.05, 0.1) is 12.1 Å². The summed E-state index contributed by atoms with van der Waals surface area (Å²) in [5, 5.41) is 40.1. The maximum Gasteiger partial charge on any atom is 0.408 e. The van der Waals surface area contributed by atoms with Crippen molar-refractivity contribution in [1.82, 2.24) is 31.9 Å². The zero-order chi connectivity index (χ0) is 48.2. The van der Waals surface area contributed by atoms with E-state index >= 15 is 0 Å². The Morgan fingerprint density at radius 3 is 0.985 bits per heavy atom. The van der Waals surface area contributed by atoms with Gasteiger partial charge >= 0.3 is 12.2 Å². The first kappa shape index (κ1) is 51.9. The molecule has 0 fully saturated rings. The number of carbonyl (C=O) groups is 6. The smallest absolute Gasteiger partial charge is 0.408 e. The minimum absolute atomic E-state index is 0.00760. The summed E-state index contributed by atoms with van der Waals surface area (Å²) in [6, 6.07) is 29.2. The Labute approximate surface area is 386 Å². The largest absolute Gasteiger partial charge is 0.445 e. The molecule has 0 aromatic heterocycles. The van der Waals surface area contributed by atoms with E-state index in [4.69, 9.17) is 9.47 Å². The fourth-order valence-electron chi connectivity index (χ4n) is 6.91. The summed E-state index contributed by atoms with van der Waals surface area (Å²) in [4.78, 5) is 79.9. The van der Waals surface area contributed by atoms with E-state index in [1.807, 2.05) is 24.3 Å². The Balaban J connectivity index is 1.49. The predicted molar refractivity (Wildman–Crippen MR) is 248 cm³/mol. The van der Waals surface area contributed by atoms with Crippen LogP contribution >= 0.6 is 0 Å². The highest BCUT2D eigenvalue weighted by Crippen LogP contribution is 2.17. The zero-order valence-corrected chi connectivity index (χ0v) is 38.3. The molecule has 0 unspecified atom stereocenters. The van der Waals surface area contributed by atoms with Crippen molar-refractivity contribution in [2.75, 3.05) is 0 Å². The van der Waals surface area contributed by atoms with Crippen molar-refractivity contribution in [2.45, 2.75) is 116 Å². The van der Waals surface area contributed by atoms with E-state index in [1.165, 1.54) is 13.8 Å². The molecular formula is C50H64N6O10. The number of carbonyl (C=O) groups excluding carboxylic acids is 6. The number of hydrogen-bond acceptors (Lipinski definition) is 10. The molecule has 4 rings (SSSR count). The third-order valence-corrected chi connectivity index (χ3v) is 10.8. The van der Waals surface area contributed by atoms with Gasteiger partial charge in [-0.2, -0.15) is 0 Å². The Morgan fingerprint density at radius 2 is 0.697 bits per heavy atom. The fraction of sp³-hybridized carbons (Fsp3) is 0.400. The molecule has 66 heavy (non-hydrogen) atoms. The van der Waals surface area contributed by atoms with Gasteiger partial charge in [-0.1, -0.05) is 149 Å². The molecule has 0 bridgehead atoms. The van der Waals surface area contributed by atoms with Crippen molar-refractivity contribution in [2.24, 2.45) is 11.8 Å². The lowest BCUT2D eigenvalue weighted by Crippen LogP contribution is -2.62. The van der Waals surface area contributed by atoms with Crippen LogP contribution in [0, 0.1) is 11.8 Å². The van der Waals surface area contributed by atoms with Crippen molar-refractivity contribution < 1.29 is 48.5 Å². The molecule has 0 saturated carbocycles. The number of alkyl carbamates (subject to hydrolysis) is 2. The van der Waals surface area contributed by atoms with Gasteiger partial charge in [0.25, 0.3) is 0 Å². The normalized spacial score (nSPS) is 14.8. The third kappa shape index (κ3) is 17.0. The summed E-state index contributed by atoms with van der Waals surface area (Å²) in [5.74, 6) is -3.57. The van der Waals surface area contributed by atoms with Gasteiger partial charge in [-0.15, -0.1) is 0 Å². The number of hydrogen-bond donors (Lipinski definition) is 8. The van der Waals surface area contributed by atoms with Crippen LogP contribution in [0.1, 0.15) is 63.8 Å². The minimum Gasteiger partial charge on any atom is -0.445 e. The first-order chi connectivity index (χ1) is 31.5. The monoisotopic (exact) mass is 908 g/mol. The molecule has 0 radical (unpaired) electrons. The molecule has 4 aromatic carbocycles. The molecule has 0 aliphatic carbocycles. The zero-order valence-electron chi connectivity index (χ0n) is 38.3. The summed E-state index contributed by atoms with van der Waals surface area (Å²) >= 11 is 0. The van der Waals surface area contributed by atoms with E-state index in [0.717, 1.165) is 11.1 Å². The van der Waals surface area contributed by atoms with E-state index in [0.29, 0.717) is 11.1 Å². The van der Waals surface area contributed by atoms with E-state index in [-0.39, 0.29) is 26.1 Å². The van der Waals surface area contributed by atoms with Crippen LogP contribution in [0.5, 0.6) is 0 Å². The maximum atomic E-state index is 14.1. The molecule has 16 nitrogen and oxygen atoms in total. The van der Waals surface area contributed by atoms with Crippen LogP contribution < -0.4 is 31.9 Å². The first-order valence-corrected chi connectivity index (χ1v) is 22.1. The van der Waals surface area contributed by atoms with Crippen LogP contribution in [0.25, 0.3) is 0 Å². The molecule has 0 saturated heterocycles. The minimum atomic E-state index is -1.69. The van der Waals surface area contributed by atoms with Gasteiger partial charge < -0.3 is 51.6 Å². The molecule has 6 amide bonds. The van der Waals surface area contributed by atoms with Crippen molar-refractivity contribution in [3.8, 4) is 0 Å². The highest BCUT2D eigenvalue weighted by atomic mass is 16.6. The lowest BCUT2D eigenvalue weighted by atomic mass is 9.90. The maximum absolute atomic E-state index is 14.1. The van der Waals surface area contributed by atoms with Crippen LogP contribution in [0.2, 0.25) is 0 Å². The van der Waals surface area contributed by atoms with E-state index in [2.05, 4.69) is 31.9 Å². The third-order valence-electron chi connectivity index (χ3n) is 10.8. The first-order valence-electron chi connectivity index (χ1n) is 22.1. The number of ether oxygens (including phenoxy) is 2. The molecule has 8 atom stereocenters. The molecule has 8 N–H and O–H groups in total. The van der Waals surface area contributed by atoms with Crippen LogP contribution in [0.15, 0.2) is 121 Å². The highest BCUT2D eigenvalue weighted by Gasteiger charge is 2.38. The molecule has 0 spiro atoms. The molecule has 0 heterocycles. The summed E-state index contributed by atoms with van der Waals surface area (Å²) < 4.78 is 10.5. The van der Waals surface area contributed by atoms with Crippen molar-refractivity contribution in [1.29, 1.82) is 0 Å². The Hall–Kier alpha value is -6.78. The Morgan fingerprint density at radius 1 is 0.409 bits per heavy atom. The number of benzene rings is 4. The summed E-state index contributed by atoms with van der Waals surface area (Å²) in [6.07, 6.45) is -4.94. The van der Waals surface area contributed by atoms with Crippen molar-refractivity contribution in [3.63, 3.8) is 0 Å². The van der Waals surface area contributed by atoms with Crippen LogP contribution in [-0.2, 0) is 54.7 Å².